The molecule has 0 saturated carbocycles. The zero-order chi connectivity index (χ0) is 10.1. The average Bonchev–Trinajstić information content (AvgIpc) is 2.04. The van der Waals surface area contributed by atoms with Crippen LogP contribution in [0.2, 0.25) is 0 Å². The van der Waals surface area contributed by atoms with Crippen molar-refractivity contribution in [1.82, 2.24) is 4.31 Å². The summed E-state index contributed by atoms with van der Waals surface area (Å²) in [5, 5.41) is 0. The highest BCUT2D eigenvalue weighted by atomic mass is 32.2. The van der Waals surface area contributed by atoms with Gasteiger partial charge in [-0.2, -0.15) is 0 Å². The third-order valence-corrected chi connectivity index (χ3v) is 4.50. The molecule has 1 aliphatic heterocycles. The lowest BCUT2D eigenvalue weighted by molar-refractivity contribution is 0.252. The van der Waals surface area contributed by atoms with Gasteiger partial charge in [-0.15, -0.1) is 0 Å². The first kappa shape index (κ1) is 10.9. The number of piperidine rings is 1. The van der Waals surface area contributed by atoms with Crippen LogP contribution in [0.25, 0.3) is 0 Å². The van der Waals surface area contributed by atoms with Crippen LogP contribution in [0.1, 0.15) is 26.7 Å². The van der Waals surface area contributed by atoms with Gasteiger partial charge in [0, 0.05) is 18.6 Å². The van der Waals surface area contributed by atoms with Crippen molar-refractivity contribution in [3.63, 3.8) is 0 Å². The Hall–Kier alpha value is -0.130. The molecule has 0 unspecified atom stereocenters. The minimum atomic E-state index is -2.99. The van der Waals surface area contributed by atoms with Gasteiger partial charge in [-0.05, 0) is 26.7 Å². The van der Waals surface area contributed by atoms with Crippen LogP contribution < -0.4 is 5.73 Å². The van der Waals surface area contributed by atoms with Crippen LogP contribution in [0.3, 0.4) is 0 Å². The third kappa shape index (κ3) is 2.65. The summed E-state index contributed by atoms with van der Waals surface area (Å²) >= 11 is 0. The monoisotopic (exact) mass is 206 g/mol. The van der Waals surface area contributed by atoms with E-state index >= 15 is 0 Å². The van der Waals surface area contributed by atoms with Crippen molar-refractivity contribution in [2.24, 2.45) is 5.73 Å². The Morgan fingerprint density at radius 1 is 1.38 bits per heavy atom. The average molecular weight is 206 g/mol. The van der Waals surface area contributed by atoms with E-state index in [1.807, 2.05) is 6.92 Å². The number of rotatable bonds is 2. The molecule has 78 valence electrons. The molecule has 1 aliphatic rings. The summed E-state index contributed by atoms with van der Waals surface area (Å²) in [5.41, 5.74) is 5.72. The second kappa shape index (κ2) is 3.55. The van der Waals surface area contributed by atoms with Gasteiger partial charge in [-0.3, -0.25) is 0 Å². The number of sulfonamides is 1. The summed E-state index contributed by atoms with van der Waals surface area (Å²) in [5.74, 6) is 0.189. The Balaban J connectivity index is 2.61. The zero-order valence-electron chi connectivity index (χ0n) is 8.28. The number of hydrogen-bond donors (Lipinski definition) is 1. The van der Waals surface area contributed by atoms with Gasteiger partial charge in [0.1, 0.15) is 0 Å². The van der Waals surface area contributed by atoms with E-state index in [1.165, 1.54) is 0 Å². The molecular weight excluding hydrogens is 188 g/mol. The zero-order valence-corrected chi connectivity index (χ0v) is 9.10. The summed E-state index contributed by atoms with van der Waals surface area (Å²) in [7, 11) is -2.99. The van der Waals surface area contributed by atoms with E-state index in [1.54, 1.807) is 11.2 Å². The first-order valence-electron chi connectivity index (χ1n) is 4.64. The molecular formula is C8H18N2O2S. The normalized spacial score (nSPS) is 24.5. The Bertz CT molecular complexity index is 262. The molecule has 0 aromatic carbocycles. The molecule has 0 aromatic heterocycles. The molecule has 1 heterocycles. The second-order valence-corrected chi connectivity index (χ2v) is 6.21. The van der Waals surface area contributed by atoms with E-state index in [2.05, 4.69) is 0 Å². The second-order valence-electron chi connectivity index (χ2n) is 3.95. The Morgan fingerprint density at radius 2 is 1.85 bits per heavy atom. The molecule has 4 nitrogen and oxygen atoms in total. The summed E-state index contributed by atoms with van der Waals surface area (Å²) < 4.78 is 24.4. The largest absolute Gasteiger partial charge is 0.325 e. The molecule has 13 heavy (non-hydrogen) atoms. The molecule has 0 atom stereocenters. The minimum Gasteiger partial charge on any atom is -0.325 e. The van der Waals surface area contributed by atoms with E-state index < -0.39 is 10.0 Å². The van der Waals surface area contributed by atoms with Crippen LogP contribution >= 0.6 is 0 Å². The van der Waals surface area contributed by atoms with Gasteiger partial charge in [-0.25, -0.2) is 12.7 Å². The van der Waals surface area contributed by atoms with Crippen LogP contribution in [0.15, 0.2) is 0 Å². The summed E-state index contributed by atoms with van der Waals surface area (Å²) in [6.07, 6.45) is 1.51. The van der Waals surface area contributed by atoms with E-state index in [9.17, 15) is 8.42 Å². The number of nitrogens with zero attached hydrogens (tertiary/aromatic N) is 1. The van der Waals surface area contributed by atoms with Gasteiger partial charge in [-0.1, -0.05) is 0 Å². The lowest BCUT2D eigenvalue weighted by atomic mass is 9.92. The maximum atomic E-state index is 11.5. The number of nitrogens with two attached hydrogens (primary N) is 1. The van der Waals surface area contributed by atoms with E-state index in [0.717, 1.165) is 12.8 Å². The van der Waals surface area contributed by atoms with Crippen molar-refractivity contribution in [1.29, 1.82) is 0 Å². The molecule has 0 radical (unpaired) electrons. The van der Waals surface area contributed by atoms with Crippen molar-refractivity contribution in [2.75, 3.05) is 18.8 Å². The van der Waals surface area contributed by atoms with Gasteiger partial charge in [0.15, 0.2) is 0 Å². The molecule has 0 aromatic rings. The predicted molar refractivity (Wildman–Crippen MR) is 52.9 cm³/mol. The molecule has 2 N–H and O–H groups in total. The summed E-state index contributed by atoms with van der Waals surface area (Å²) in [4.78, 5) is 0. The standard InChI is InChI=1S/C8H18N2O2S/c1-3-13(11,12)10-6-4-8(2,9)5-7-10/h3-7,9H2,1-2H3. The molecule has 1 fully saturated rings. The molecule has 0 amide bonds. The fourth-order valence-electron chi connectivity index (χ4n) is 1.46. The lowest BCUT2D eigenvalue weighted by Gasteiger charge is -2.35. The van der Waals surface area contributed by atoms with E-state index in [0.29, 0.717) is 13.1 Å². The van der Waals surface area contributed by atoms with Crippen molar-refractivity contribution in [2.45, 2.75) is 32.2 Å². The molecule has 0 spiro atoms. The van der Waals surface area contributed by atoms with E-state index in [4.69, 9.17) is 5.73 Å². The molecule has 1 saturated heterocycles. The maximum Gasteiger partial charge on any atom is 0.213 e. The smallest absolute Gasteiger partial charge is 0.213 e. The summed E-state index contributed by atoms with van der Waals surface area (Å²) in [6.45, 7) is 4.79. The summed E-state index contributed by atoms with van der Waals surface area (Å²) in [6, 6.07) is 0. The molecule has 5 heteroatoms. The SMILES string of the molecule is CCS(=O)(=O)N1CCC(C)(N)CC1. The van der Waals surface area contributed by atoms with Gasteiger partial charge in [0.25, 0.3) is 0 Å². The molecule has 0 aliphatic carbocycles. The van der Waals surface area contributed by atoms with Crippen LogP contribution in [-0.2, 0) is 10.0 Å². The first-order chi connectivity index (χ1) is 5.87. The van der Waals surface area contributed by atoms with Gasteiger partial charge >= 0.3 is 0 Å². The molecule has 1 rings (SSSR count). The molecule has 0 bridgehead atoms. The predicted octanol–water partition coefficient (Wildman–Crippen LogP) is 0.149. The first-order valence-corrected chi connectivity index (χ1v) is 6.25. The Labute approximate surface area is 80.1 Å². The maximum absolute atomic E-state index is 11.5. The van der Waals surface area contributed by atoms with Crippen LogP contribution in [0, 0.1) is 0 Å². The van der Waals surface area contributed by atoms with Crippen LogP contribution in [0.5, 0.6) is 0 Å². The highest BCUT2D eigenvalue weighted by molar-refractivity contribution is 7.89. The van der Waals surface area contributed by atoms with Crippen molar-refractivity contribution < 1.29 is 8.42 Å². The highest BCUT2D eigenvalue weighted by Gasteiger charge is 2.30. The number of hydrogen-bond acceptors (Lipinski definition) is 3. The van der Waals surface area contributed by atoms with Gasteiger partial charge in [0.2, 0.25) is 10.0 Å². The van der Waals surface area contributed by atoms with Gasteiger partial charge < -0.3 is 5.73 Å². The fourth-order valence-corrected chi connectivity index (χ4v) is 2.56. The fraction of sp³-hybridized carbons (Fsp3) is 1.00. The Morgan fingerprint density at radius 3 is 2.23 bits per heavy atom. The lowest BCUT2D eigenvalue weighted by Crippen LogP contribution is -2.50. The van der Waals surface area contributed by atoms with Crippen LogP contribution in [0.4, 0.5) is 0 Å². The minimum absolute atomic E-state index is 0.181. The van der Waals surface area contributed by atoms with Crippen molar-refractivity contribution in [3.05, 3.63) is 0 Å². The van der Waals surface area contributed by atoms with Crippen molar-refractivity contribution >= 4 is 10.0 Å². The Kier molecular flexibility index (Phi) is 2.99. The third-order valence-electron chi connectivity index (χ3n) is 2.62. The van der Waals surface area contributed by atoms with Crippen LogP contribution in [-0.4, -0.2) is 37.1 Å². The topological polar surface area (TPSA) is 63.4 Å². The van der Waals surface area contributed by atoms with Crippen molar-refractivity contribution in [3.8, 4) is 0 Å². The van der Waals surface area contributed by atoms with Gasteiger partial charge in [0.05, 0.1) is 5.75 Å². The quantitative estimate of drug-likeness (QED) is 0.699. The highest BCUT2D eigenvalue weighted by Crippen LogP contribution is 2.20. The van der Waals surface area contributed by atoms with E-state index in [-0.39, 0.29) is 11.3 Å².